The molecule has 2 heterocycles. The highest BCUT2D eigenvalue weighted by atomic mass is 32.1. The van der Waals surface area contributed by atoms with Crippen molar-refractivity contribution >= 4 is 17.3 Å². The fraction of sp³-hybridized carbons (Fsp3) is 0.389. The third-order valence-electron chi connectivity index (χ3n) is 4.57. The average molecular weight is 351 g/mol. The second-order valence-electron chi connectivity index (χ2n) is 6.21. The van der Waals surface area contributed by atoms with E-state index >= 15 is 0 Å². The van der Waals surface area contributed by atoms with Crippen LogP contribution in [-0.4, -0.2) is 29.1 Å². The number of benzene rings is 1. The van der Waals surface area contributed by atoms with Crippen molar-refractivity contribution in [2.75, 3.05) is 13.1 Å². The highest BCUT2D eigenvalue weighted by Gasteiger charge is 2.33. The molecule has 2 atom stereocenters. The van der Waals surface area contributed by atoms with E-state index in [1.54, 1.807) is 0 Å². The molecule has 2 unspecified atom stereocenters. The minimum absolute atomic E-state index is 0.369. The topological polar surface area (TPSA) is 40.5 Å². The van der Waals surface area contributed by atoms with E-state index in [4.69, 9.17) is 0 Å². The summed E-state index contributed by atoms with van der Waals surface area (Å²) in [6.45, 7) is 3.02. The first-order chi connectivity index (χ1) is 11.5. The van der Waals surface area contributed by atoms with Crippen LogP contribution in [0.1, 0.15) is 34.9 Å². The smallest absolute Gasteiger partial charge is 0.307 e. The lowest BCUT2D eigenvalue weighted by Gasteiger charge is -2.37. The van der Waals surface area contributed by atoms with Crippen LogP contribution in [0.4, 0.5) is 8.78 Å². The van der Waals surface area contributed by atoms with Crippen molar-refractivity contribution in [1.82, 2.24) is 4.90 Å². The number of hydrogen-bond acceptors (Lipinski definition) is 3. The Morgan fingerprint density at radius 2 is 2.17 bits per heavy atom. The molecule has 128 valence electrons. The van der Waals surface area contributed by atoms with E-state index in [0.29, 0.717) is 25.1 Å². The first kappa shape index (κ1) is 17.0. The average Bonchev–Trinajstić information content (AvgIpc) is 2.96. The van der Waals surface area contributed by atoms with Gasteiger partial charge in [0.25, 0.3) is 0 Å². The maximum atomic E-state index is 14.5. The summed E-state index contributed by atoms with van der Waals surface area (Å²) in [5.41, 5.74) is 1.43. The predicted octanol–water partition coefficient (Wildman–Crippen LogP) is 4.22. The van der Waals surface area contributed by atoms with Crippen molar-refractivity contribution in [3.63, 3.8) is 0 Å². The van der Waals surface area contributed by atoms with Gasteiger partial charge in [-0.2, -0.15) is 0 Å². The number of halogens is 2. The second-order valence-corrected chi connectivity index (χ2v) is 7.16. The maximum absolute atomic E-state index is 14.5. The molecule has 3 rings (SSSR count). The summed E-state index contributed by atoms with van der Waals surface area (Å²) in [7, 11) is 0. The molecule has 1 aromatic carbocycles. The number of likely N-dealkylation sites (tertiary alicyclic amines) is 1. The van der Waals surface area contributed by atoms with Crippen LogP contribution in [-0.2, 0) is 4.79 Å². The molecule has 1 aliphatic heterocycles. The molecule has 0 radical (unpaired) electrons. The third-order valence-corrected chi connectivity index (χ3v) is 5.65. The number of rotatable bonds is 4. The highest BCUT2D eigenvalue weighted by Crippen LogP contribution is 2.38. The van der Waals surface area contributed by atoms with E-state index < -0.39 is 23.5 Å². The standard InChI is InChI=1S/C18H19F2NO2S/c1-11-6-8-24-17(11)16(14-5-4-13(19)9-15(14)20)21-7-2-3-12(10-21)18(22)23/h4-6,8-9,12,16H,2-3,7,10H2,1H3,(H,22,23). The van der Waals surface area contributed by atoms with E-state index in [1.165, 1.54) is 23.5 Å². The molecule has 0 bridgehead atoms. The minimum Gasteiger partial charge on any atom is -0.481 e. The maximum Gasteiger partial charge on any atom is 0.307 e. The molecule has 0 spiro atoms. The zero-order valence-corrected chi connectivity index (χ0v) is 14.2. The highest BCUT2D eigenvalue weighted by molar-refractivity contribution is 7.10. The molecule has 1 aliphatic rings. The molecule has 1 fully saturated rings. The molecule has 1 aromatic heterocycles. The van der Waals surface area contributed by atoms with Crippen molar-refractivity contribution < 1.29 is 18.7 Å². The lowest BCUT2D eigenvalue weighted by atomic mass is 9.93. The molecule has 1 saturated heterocycles. The molecule has 0 aliphatic carbocycles. The molecular weight excluding hydrogens is 332 g/mol. The third kappa shape index (κ3) is 3.35. The van der Waals surface area contributed by atoms with Gasteiger partial charge >= 0.3 is 5.97 Å². The second kappa shape index (κ2) is 6.99. The van der Waals surface area contributed by atoms with Crippen molar-refractivity contribution in [3.8, 4) is 0 Å². The molecule has 0 saturated carbocycles. The molecule has 2 aromatic rings. The van der Waals surface area contributed by atoms with Crippen LogP contribution >= 0.6 is 11.3 Å². The van der Waals surface area contributed by atoms with Crippen molar-refractivity contribution in [1.29, 1.82) is 0 Å². The Morgan fingerprint density at radius 1 is 1.38 bits per heavy atom. The Kier molecular flexibility index (Phi) is 4.96. The van der Waals surface area contributed by atoms with Crippen LogP contribution in [0.25, 0.3) is 0 Å². The first-order valence-electron chi connectivity index (χ1n) is 7.93. The quantitative estimate of drug-likeness (QED) is 0.897. The lowest BCUT2D eigenvalue weighted by Crippen LogP contribution is -2.41. The van der Waals surface area contributed by atoms with Crippen LogP contribution in [0.3, 0.4) is 0 Å². The number of aryl methyl sites for hydroxylation is 1. The fourth-order valence-electron chi connectivity index (χ4n) is 3.33. The van der Waals surface area contributed by atoms with Crippen LogP contribution in [0, 0.1) is 24.5 Å². The van der Waals surface area contributed by atoms with E-state index in [-0.39, 0.29) is 6.04 Å². The Morgan fingerprint density at radius 3 is 2.79 bits per heavy atom. The van der Waals surface area contributed by atoms with Gasteiger partial charge in [0.2, 0.25) is 0 Å². The Hall–Kier alpha value is -1.79. The monoisotopic (exact) mass is 351 g/mol. The van der Waals surface area contributed by atoms with Gasteiger partial charge < -0.3 is 5.11 Å². The minimum atomic E-state index is -0.819. The Labute approximate surface area is 143 Å². The zero-order valence-electron chi connectivity index (χ0n) is 13.3. The summed E-state index contributed by atoms with van der Waals surface area (Å²) in [5, 5.41) is 11.3. The Bertz CT molecular complexity index is 746. The van der Waals surface area contributed by atoms with E-state index in [9.17, 15) is 18.7 Å². The molecular formula is C18H19F2NO2S. The van der Waals surface area contributed by atoms with Gasteiger partial charge in [-0.15, -0.1) is 11.3 Å². The van der Waals surface area contributed by atoms with Crippen LogP contribution in [0.2, 0.25) is 0 Å². The number of thiophene rings is 1. The summed E-state index contributed by atoms with van der Waals surface area (Å²) in [4.78, 5) is 14.4. The van der Waals surface area contributed by atoms with Gasteiger partial charge in [0, 0.05) is 23.1 Å². The number of nitrogens with zero attached hydrogens (tertiary/aromatic N) is 1. The van der Waals surface area contributed by atoms with Crippen LogP contribution in [0.5, 0.6) is 0 Å². The normalized spacial score (nSPS) is 20.0. The summed E-state index contributed by atoms with van der Waals surface area (Å²) in [5.74, 6) is -2.48. The van der Waals surface area contributed by atoms with E-state index in [2.05, 4.69) is 0 Å². The number of piperidine rings is 1. The van der Waals surface area contributed by atoms with Crippen LogP contribution < -0.4 is 0 Å². The van der Waals surface area contributed by atoms with Gasteiger partial charge in [-0.1, -0.05) is 6.07 Å². The largest absolute Gasteiger partial charge is 0.481 e. The Balaban J connectivity index is 2.02. The predicted molar refractivity (Wildman–Crippen MR) is 89.2 cm³/mol. The number of carboxylic acids is 1. The summed E-state index contributed by atoms with van der Waals surface area (Å²) in [6, 6.07) is 5.20. The van der Waals surface area contributed by atoms with Crippen LogP contribution in [0.15, 0.2) is 29.6 Å². The fourth-order valence-corrected chi connectivity index (χ4v) is 4.41. The molecule has 6 heteroatoms. The van der Waals surface area contributed by atoms with Crippen molar-refractivity contribution in [2.24, 2.45) is 5.92 Å². The first-order valence-corrected chi connectivity index (χ1v) is 8.81. The zero-order chi connectivity index (χ0) is 17.3. The molecule has 3 nitrogen and oxygen atoms in total. The van der Waals surface area contributed by atoms with Gasteiger partial charge in [-0.25, -0.2) is 8.78 Å². The van der Waals surface area contributed by atoms with Crippen molar-refractivity contribution in [3.05, 3.63) is 57.3 Å². The summed E-state index contributed by atoms with van der Waals surface area (Å²) >= 11 is 1.52. The lowest BCUT2D eigenvalue weighted by molar-refractivity contribution is -0.143. The molecule has 1 N–H and O–H groups in total. The SMILES string of the molecule is Cc1ccsc1C(c1ccc(F)cc1F)N1CCCC(C(=O)O)C1. The van der Waals surface area contributed by atoms with Crippen molar-refractivity contribution in [2.45, 2.75) is 25.8 Å². The van der Waals surface area contributed by atoms with Gasteiger partial charge in [-0.05, 0) is 49.4 Å². The van der Waals surface area contributed by atoms with Gasteiger partial charge in [0.1, 0.15) is 11.6 Å². The van der Waals surface area contributed by atoms with Gasteiger partial charge in [-0.3, -0.25) is 9.69 Å². The number of carbonyl (C=O) groups is 1. The number of hydrogen-bond donors (Lipinski definition) is 1. The van der Waals surface area contributed by atoms with E-state index in [0.717, 1.165) is 22.9 Å². The molecule has 24 heavy (non-hydrogen) atoms. The molecule has 0 amide bonds. The number of aliphatic carboxylic acids is 1. The number of carboxylic acid groups (broad SMARTS) is 1. The summed E-state index contributed by atoms with van der Waals surface area (Å²) in [6.07, 6.45) is 1.38. The van der Waals surface area contributed by atoms with Gasteiger partial charge in [0.15, 0.2) is 0 Å². The van der Waals surface area contributed by atoms with Gasteiger partial charge in [0.05, 0.1) is 12.0 Å². The summed E-state index contributed by atoms with van der Waals surface area (Å²) < 4.78 is 27.8. The van der Waals surface area contributed by atoms with E-state index in [1.807, 2.05) is 23.3 Å².